The van der Waals surface area contributed by atoms with Gasteiger partial charge in [-0.3, -0.25) is 4.55 Å². The summed E-state index contributed by atoms with van der Waals surface area (Å²) in [6.07, 6.45) is -2.33. The summed E-state index contributed by atoms with van der Waals surface area (Å²) in [4.78, 5) is 8.33. The van der Waals surface area contributed by atoms with Crippen molar-refractivity contribution in [3.8, 4) is 0 Å². The van der Waals surface area contributed by atoms with Gasteiger partial charge in [0.15, 0.2) is 0 Å². The average Bonchev–Trinajstić information content (AvgIpc) is 1.55. The molecule has 79 valence electrons. The van der Waals surface area contributed by atoms with Crippen molar-refractivity contribution in [2.75, 3.05) is 0 Å². The van der Waals surface area contributed by atoms with Crippen molar-refractivity contribution < 1.29 is 58.2 Å². The standard InChI is InChI=1S/CHF3O3S.CH2O3.Mn/c2-1(3,4)8(5,6)7;2-1(3)4;/h(H,5,6,7);(H2,2,3,4);/q;;+2/p-2. The second-order valence-corrected chi connectivity index (χ2v) is 2.58. The molecule has 0 amide bonds. The predicted molar refractivity (Wildman–Crippen MR) is 23.0 cm³/mol. The van der Waals surface area contributed by atoms with E-state index in [0.29, 0.717) is 0 Å². The molecule has 0 atom stereocenters. The van der Waals surface area contributed by atoms with E-state index in [4.69, 9.17) is 28.0 Å². The van der Waals surface area contributed by atoms with Gasteiger partial charge in [-0.15, -0.1) is 0 Å². The Hall–Kier alpha value is -0.511. The number of carbonyl (C=O) groups is 1. The summed E-state index contributed by atoms with van der Waals surface area (Å²) in [5.74, 6) is 0. The molecular weight excluding hydrogens is 264 g/mol. The van der Waals surface area contributed by atoms with Gasteiger partial charge in [0.05, 0.1) is 0 Å². The van der Waals surface area contributed by atoms with Gasteiger partial charge in [0.1, 0.15) is 0 Å². The molecule has 0 aromatic heterocycles. The van der Waals surface area contributed by atoms with Gasteiger partial charge in [0, 0.05) is 0 Å². The molecule has 0 saturated heterocycles. The Morgan fingerprint density at radius 3 is 1.31 bits per heavy atom. The largest absolute Gasteiger partial charge is 2.00 e. The van der Waals surface area contributed by atoms with Crippen LogP contribution in [0.15, 0.2) is 0 Å². The first-order valence-corrected chi connectivity index (χ1v) is 3.34. The zero-order chi connectivity index (χ0) is 10.6. The Balaban J connectivity index is -0.000000173. The summed E-state index contributed by atoms with van der Waals surface area (Å²) >= 11 is 0. The van der Waals surface area contributed by atoms with Gasteiger partial charge in [-0.25, -0.2) is 0 Å². The van der Waals surface area contributed by atoms with Crippen LogP contribution in [0.4, 0.5) is 18.0 Å². The molecule has 0 fully saturated rings. The Labute approximate surface area is 80.6 Å². The smallest absolute Gasteiger partial charge is 0.652 e. The van der Waals surface area contributed by atoms with Crippen LogP contribution >= 0.6 is 0 Å². The van der Waals surface area contributed by atoms with Crippen molar-refractivity contribution in [2.24, 2.45) is 0 Å². The van der Waals surface area contributed by atoms with E-state index in [1.54, 1.807) is 0 Å². The van der Waals surface area contributed by atoms with Crippen molar-refractivity contribution in [1.29, 1.82) is 0 Å². The number of alkyl halides is 3. The number of hydrogen-bond donors (Lipinski definition) is 1. The summed E-state index contributed by atoms with van der Waals surface area (Å²) in [6, 6.07) is 0. The molecule has 6 nitrogen and oxygen atoms in total. The third-order valence-electron chi connectivity index (χ3n) is 0.292. The molecule has 0 bridgehead atoms. The molecule has 0 unspecified atom stereocenters. The van der Waals surface area contributed by atoms with Crippen LogP contribution in [0.5, 0.6) is 0 Å². The summed E-state index contributed by atoms with van der Waals surface area (Å²) in [5.41, 5.74) is -5.53. The third kappa shape index (κ3) is 14.4. The van der Waals surface area contributed by atoms with Crippen LogP contribution in [0.2, 0.25) is 0 Å². The zero-order valence-electron chi connectivity index (χ0n) is 5.41. The second-order valence-electron chi connectivity index (χ2n) is 1.17. The molecule has 1 N–H and O–H groups in total. The van der Waals surface area contributed by atoms with Crippen molar-refractivity contribution in [3.63, 3.8) is 0 Å². The van der Waals surface area contributed by atoms with Crippen molar-refractivity contribution in [1.82, 2.24) is 0 Å². The fourth-order valence-electron chi connectivity index (χ4n) is 0. The Bertz CT molecular complexity index is 239. The van der Waals surface area contributed by atoms with Crippen LogP contribution in [0.25, 0.3) is 0 Å². The second kappa shape index (κ2) is 6.02. The van der Waals surface area contributed by atoms with E-state index in [9.17, 15) is 13.2 Å². The minimum absolute atomic E-state index is 0. The molecule has 0 rings (SSSR count). The molecule has 11 heteroatoms. The van der Waals surface area contributed by atoms with E-state index in [2.05, 4.69) is 0 Å². The number of rotatable bonds is 0. The summed E-state index contributed by atoms with van der Waals surface area (Å²) in [6.45, 7) is 0. The average molecular weight is 265 g/mol. The van der Waals surface area contributed by atoms with Crippen LogP contribution in [0.1, 0.15) is 0 Å². The van der Waals surface area contributed by atoms with E-state index >= 15 is 0 Å². The monoisotopic (exact) mass is 265 g/mol. The molecule has 0 aliphatic rings. The molecule has 1 radical (unpaired) electrons. The molecule has 0 aromatic rings. The van der Waals surface area contributed by atoms with E-state index in [1.165, 1.54) is 0 Å². The van der Waals surface area contributed by atoms with E-state index in [-0.39, 0.29) is 17.1 Å². The molecule has 0 aliphatic carbocycles. The van der Waals surface area contributed by atoms with Crippen LogP contribution < -0.4 is 10.2 Å². The van der Waals surface area contributed by atoms with Crippen molar-refractivity contribution >= 4 is 16.3 Å². The molecule has 13 heavy (non-hydrogen) atoms. The molecule has 0 aliphatic heterocycles. The van der Waals surface area contributed by atoms with Gasteiger partial charge in [-0.2, -0.15) is 21.6 Å². The van der Waals surface area contributed by atoms with Gasteiger partial charge in [-0.05, 0) is 6.16 Å². The van der Waals surface area contributed by atoms with Gasteiger partial charge >= 0.3 is 32.7 Å². The van der Waals surface area contributed by atoms with Gasteiger partial charge < -0.3 is 15.0 Å². The fourth-order valence-corrected chi connectivity index (χ4v) is 0. The van der Waals surface area contributed by atoms with Crippen LogP contribution in [-0.2, 0) is 27.2 Å². The summed E-state index contributed by atoms with van der Waals surface area (Å²) in [7, 11) is -5.84. The van der Waals surface area contributed by atoms with Crippen LogP contribution in [0.3, 0.4) is 0 Å². The number of carbonyl (C=O) groups excluding carboxylic acids is 1. The molecule has 0 aromatic carbocycles. The van der Waals surface area contributed by atoms with Gasteiger partial charge in [0.2, 0.25) is 0 Å². The quantitative estimate of drug-likeness (QED) is 0.306. The van der Waals surface area contributed by atoms with Crippen molar-refractivity contribution in [2.45, 2.75) is 5.51 Å². The number of halogens is 3. The van der Waals surface area contributed by atoms with Gasteiger partial charge in [0.25, 0.3) is 0 Å². The van der Waals surface area contributed by atoms with Crippen LogP contribution in [-0.4, -0.2) is 24.6 Å². The maximum atomic E-state index is 10.7. The molecule has 0 saturated carbocycles. The van der Waals surface area contributed by atoms with E-state index < -0.39 is 21.8 Å². The summed E-state index contributed by atoms with van der Waals surface area (Å²) in [5, 5.41) is 16.7. The minimum atomic E-state index is -5.84. The molecule has 0 spiro atoms. The Morgan fingerprint density at radius 1 is 1.23 bits per heavy atom. The summed E-state index contributed by atoms with van der Waals surface area (Å²) < 4.78 is 57.5. The number of carboxylic acid groups (broad SMARTS) is 2. The Kier molecular flexibility index (Phi) is 8.48. The molecular formula is C2HF3MnO6S. The normalized spacial score (nSPS) is 10.5. The maximum absolute atomic E-state index is 10.7. The number of hydrogen-bond acceptors (Lipinski definition) is 5. The van der Waals surface area contributed by atoms with Gasteiger partial charge in [-0.1, -0.05) is 0 Å². The van der Waals surface area contributed by atoms with Crippen molar-refractivity contribution in [3.05, 3.63) is 0 Å². The SMILES string of the molecule is O=C([O-])[O-].O=S(=O)(O)C(F)(F)F.[Mn+2]. The zero-order valence-corrected chi connectivity index (χ0v) is 7.41. The van der Waals surface area contributed by atoms with E-state index in [0.717, 1.165) is 0 Å². The first kappa shape index (κ1) is 18.3. The van der Waals surface area contributed by atoms with E-state index in [1.807, 2.05) is 0 Å². The molecule has 0 heterocycles. The first-order valence-electron chi connectivity index (χ1n) is 1.90. The predicted octanol–water partition coefficient (Wildman–Crippen LogP) is -2.06. The Morgan fingerprint density at radius 2 is 1.31 bits per heavy atom. The van der Waals surface area contributed by atoms with Crippen LogP contribution in [0, 0.1) is 0 Å². The fraction of sp³-hybridized carbons (Fsp3) is 0.500. The topological polar surface area (TPSA) is 118 Å². The third-order valence-corrected chi connectivity index (χ3v) is 0.877. The maximum Gasteiger partial charge on any atom is 2.00 e. The minimum Gasteiger partial charge on any atom is -0.652 e. The first-order chi connectivity index (χ1) is 4.98.